The van der Waals surface area contributed by atoms with E-state index in [1.807, 2.05) is 0 Å². The van der Waals surface area contributed by atoms with E-state index < -0.39 is 8.07 Å². The minimum Gasteiger partial charge on any atom is -0.0686 e. The van der Waals surface area contributed by atoms with Gasteiger partial charge in [-0.05, 0) is 62.3 Å². The molecule has 0 saturated carbocycles. The lowest BCUT2D eigenvalue weighted by Crippen LogP contribution is -2.74. The van der Waals surface area contributed by atoms with Gasteiger partial charge in [-0.15, -0.1) is 0 Å². The highest BCUT2D eigenvalue weighted by Gasteiger charge is 2.41. The van der Waals surface area contributed by atoms with Crippen LogP contribution in [0.1, 0.15) is 33.4 Å². The molecule has 0 saturated heterocycles. The van der Waals surface area contributed by atoms with Gasteiger partial charge >= 0.3 is 0 Å². The SMILES string of the molecule is Cc1cc(C)c(B(c2ccc([Si](c3ccccc3)(c3ccccc3)c3ccccc3)cc2)c2c(C)cc(C)cc2C)c(C)c1. The lowest BCUT2D eigenvalue weighted by atomic mass is 9.34. The predicted octanol–water partition coefficient (Wildman–Crippen LogP) is 5.43. The van der Waals surface area contributed by atoms with Crippen LogP contribution in [0.4, 0.5) is 0 Å². The number of rotatable bonds is 7. The van der Waals surface area contributed by atoms with Crippen LogP contribution in [-0.2, 0) is 0 Å². The van der Waals surface area contributed by atoms with Crippen molar-refractivity contribution in [3.63, 3.8) is 0 Å². The molecule has 0 heterocycles. The van der Waals surface area contributed by atoms with Crippen molar-refractivity contribution in [1.82, 2.24) is 0 Å². The predicted molar refractivity (Wildman–Crippen MR) is 196 cm³/mol. The zero-order chi connectivity index (χ0) is 30.8. The van der Waals surface area contributed by atoms with Gasteiger partial charge in [-0.3, -0.25) is 0 Å². The molecule has 216 valence electrons. The van der Waals surface area contributed by atoms with Crippen LogP contribution < -0.4 is 37.1 Å². The molecule has 6 aromatic rings. The van der Waals surface area contributed by atoms with Gasteiger partial charge in [0.25, 0.3) is 0 Å². The summed E-state index contributed by atoms with van der Waals surface area (Å²) in [5.41, 5.74) is 12.3. The molecule has 0 atom stereocenters. The summed E-state index contributed by atoms with van der Waals surface area (Å²) in [5.74, 6) is 0. The fourth-order valence-electron chi connectivity index (χ4n) is 7.76. The average molecular weight is 585 g/mol. The van der Waals surface area contributed by atoms with Crippen molar-refractivity contribution in [1.29, 1.82) is 0 Å². The van der Waals surface area contributed by atoms with Crippen molar-refractivity contribution in [2.45, 2.75) is 41.5 Å². The van der Waals surface area contributed by atoms with E-state index in [2.05, 4.69) is 181 Å². The summed E-state index contributed by atoms with van der Waals surface area (Å²) in [7, 11) is -2.57. The molecule has 0 unspecified atom stereocenters. The molecule has 0 N–H and O–H groups in total. The maximum Gasteiger partial charge on any atom is 0.242 e. The average Bonchev–Trinajstić information content (AvgIpc) is 3.02. The van der Waals surface area contributed by atoms with Gasteiger partial charge in [0.2, 0.25) is 6.71 Å². The molecule has 0 aromatic heterocycles. The Morgan fingerprint density at radius 2 is 0.659 bits per heavy atom. The third-order valence-corrected chi connectivity index (χ3v) is 14.1. The molecule has 0 amide bonds. The lowest BCUT2D eigenvalue weighted by Gasteiger charge is -2.34. The summed E-state index contributed by atoms with van der Waals surface area (Å²) in [6, 6.07) is 52.7. The fraction of sp³-hybridized carbons (Fsp3) is 0.143. The lowest BCUT2D eigenvalue weighted by molar-refractivity contribution is 1.34. The number of hydrogen-bond donors (Lipinski definition) is 0. The minimum absolute atomic E-state index is 0.159. The van der Waals surface area contributed by atoms with Gasteiger partial charge in [0.15, 0.2) is 8.07 Å². The third-order valence-electron chi connectivity index (χ3n) is 9.35. The number of aryl methyl sites for hydroxylation is 6. The summed E-state index contributed by atoms with van der Waals surface area (Å²) in [4.78, 5) is 0. The van der Waals surface area contributed by atoms with E-state index >= 15 is 0 Å². The van der Waals surface area contributed by atoms with E-state index in [1.165, 1.54) is 70.5 Å². The highest BCUT2D eigenvalue weighted by molar-refractivity contribution is 7.20. The summed E-state index contributed by atoms with van der Waals surface area (Å²) < 4.78 is 0. The van der Waals surface area contributed by atoms with Gasteiger partial charge in [0, 0.05) is 0 Å². The van der Waals surface area contributed by atoms with Crippen LogP contribution in [0.15, 0.2) is 140 Å². The zero-order valence-corrected chi connectivity index (χ0v) is 27.9. The highest BCUT2D eigenvalue weighted by Crippen LogP contribution is 2.14. The van der Waals surface area contributed by atoms with Crippen LogP contribution >= 0.6 is 0 Å². The quantitative estimate of drug-likeness (QED) is 0.174. The molecule has 0 nitrogen and oxygen atoms in total. The normalized spacial score (nSPS) is 11.4. The molecule has 6 rings (SSSR count). The van der Waals surface area contributed by atoms with Crippen LogP contribution in [0.3, 0.4) is 0 Å². The molecule has 0 bridgehead atoms. The van der Waals surface area contributed by atoms with Crippen molar-refractivity contribution >= 4 is 51.9 Å². The molecular weight excluding hydrogens is 543 g/mol. The van der Waals surface area contributed by atoms with Crippen LogP contribution in [-0.4, -0.2) is 14.8 Å². The van der Waals surface area contributed by atoms with Gasteiger partial charge in [-0.25, -0.2) is 0 Å². The van der Waals surface area contributed by atoms with Gasteiger partial charge in [0.05, 0.1) is 0 Å². The first-order valence-corrected chi connectivity index (χ1v) is 17.7. The molecule has 0 spiro atoms. The Balaban J connectivity index is 1.62. The summed E-state index contributed by atoms with van der Waals surface area (Å²) in [5, 5.41) is 5.60. The molecule has 44 heavy (non-hydrogen) atoms. The molecule has 0 fully saturated rings. The van der Waals surface area contributed by atoms with Crippen molar-refractivity contribution in [3.05, 3.63) is 173 Å². The largest absolute Gasteiger partial charge is 0.242 e. The molecule has 0 radical (unpaired) electrons. The Morgan fingerprint density at radius 1 is 0.364 bits per heavy atom. The van der Waals surface area contributed by atoms with Gasteiger partial charge in [-0.2, -0.15) is 0 Å². The maximum absolute atomic E-state index is 2.57. The van der Waals surface area contributed by atoms with Crippen molar-refractivity contribution in [3.8, 4) is 0 Å². The molecule has 6 aromatic carbocycles. The second-order valence-electron chi connectivity index (χ2n) is 12.5. The Bertz CT molecular complexity index is 1690. The van der Waals surface area contributed by atoms with Gasteiger partial charge < -0.3 is 0 Å². The van der Waals surface area contributed by atoms with E-state index in [0.717, 1.165) is 0 Å². The summed E-state index contributed by atoms with van der Waals surface area (Å²) >= 11 is 0. The van der Waals surface area contributed by atoms with Gasteiger partial charge in [0.1, 0.15) is 0 Å². The van der Waals surface area contributed by atoms with Crippen LogP contribution in [0.2, 0.25) is 0 Å². The summed E-state index contributed by atoms with van der Waals surface area (Å²) in [6.45, 7) is 13.7. The highest BCUT2D eigenvalue weighted by atomic mass is 28.3. The smallest absolute Gasteiger partial charge is 0.0686 e. The standard InChI is InChI=1S/C42H41BSi/c1-30-26-32(3)41(33(4)27-30)43(42-34(5)28-31(2)29-35(42)6)36-22-24-40(25-23-36)44(37-16-10-7-11-17-37,38-18-12-8-13-19-38)39-20-14-9-15-21-39/h7-29H,1-6H3. The van der Waals surface area contributed by atoms with E-state index in [9.17, 15) is 0 Å². The van der Waals surface area contributed by atoms with Crippen LogP contribution in [0.5, 0.6) is 0 Å². The van der Waals surface area contributed by atoms with Crippen molar-refractivity contribution < 1.29 is 0 Å². The first kappa shape index (κ1) is 29.7. The maximum atomic E-state index is 2.44. The third kappa shape index (κ3) is 5.29. The Labute approximate surface area is 265 Å². The van der Waals surface area contributed by atoms with Crippen molar-refractivity contribution in [2.75, 3.05) is 0 Å². The zero-order valence-electron chi connectivity index (χ0n) is 26.9. The number of hydrogen-bond acceptors (Lipinski definition) is 0. The Hall–Kier alpha value is -4.40. The second-order valence-corrected chi connectivity index (χ2v) is 16.3. The topological polar surface area (TPSA) is 0 Å². The summed E-state index contributed by atoms with van der Waals surface area (Å²) in [6.07, 6.45) is 0. The van der Waals surface area contributed by atoms with E-state index in [-0.39, 0.29) is 6.71 Å². The van der Waals surface area contributed by atoms with Crippen molar-refractivity contribution in [2.24, 2.45) is 0 Å². The van der Waals surface area contributed by atoms with Crippen LogP contribution in [0, 0.1) is 41.5 Å². The number of benzene rings is 6. The monoisotopic (exact) mass is 584 g/mol. The van der Waals surface area contributed by atoms with E-state index in [4.69, 9.17) is 0 Å². The first-order valence-electron chi connectivity index (χ1n) is 15.7. The molecule has 0 aliphatic heterocycles. The first-order chi connectivity index (χ1) is 21.3. The Kier molecular flexibility index (Phi) is 8.30. The van der Waals surface area contributed by atoms with E-state index in [0.29, 0.717) is 0 Å². The molecular formula is C42H41BSi. The van der Waals surface area contributed by atoms with Gasteiger partial charge in [-0.1, -0.05) is 189 Å². The van der Waals surface area contributed by atoms with E-state index in [1.54, 1.807) is 0 Å². The fourth-order valence-corrected chi connectivity index (χ4v) is 12.5. The Morgan fingerprint density at radius 3 is 0.977 bits per heavy atom. The van der Waals surface area contributed by atoms with Crippen LogP contribution in [0.25, 0.3) is 0 Å². The molecule has 2 heteroatoms. The molecule has 0 aliphatic rings. The minimum atomic E-state index is -2.57. The second kappa shape index (κ2) is 12.3. The molecule has 0 aliphatic carbocycles.